The Bertz CT molecular complexity index is 1140. The van der Waals surface area contributed by atoms with Gasteiger partial charge in [0, 0.05) is 12.6 Å². The van der Waals surface area contributed by atoms with Gasteiger partial charge in [-0.3, -0.25) is 13.9 Å². The zero-order valence-corrected chi connectivity index (χ0v) is 23.4. The van der Waals surface area contributed by atoms with Gasteiger partial charge in [-0.15, -0.1) is 0 Å². The average Bonchev–Trinajstić information content (AvgIpc) is 2.88. The van der Waals surface area contributed by atoms with Crippen LogP contribution in [0.25, 0.3) is 0 Å². The van der Waals surface area contributed by atoms with Gasteiger partial charge in [-0.2, -0.15) is 0 Å². The highest BCUT2D eigenvalue weighted by Crippen LogP contribution is 2.22. The van der Waals surface area contributed by atoms with Crippen molar-refractivity contribution < 1.29 is 18.0 Å². The summed E-state index contributed by atoms with van der Waals surface area (Å²) in [6.07, 6.45) is 7.62. The number of rotatable bonds is 11. The number of hydrogen-bond acceptors (Lipinski definition) is 4. The van der Waals surface area contributed by atoms with Gasteiger partial charge in [0.2, 0.25) is 21.8 Å². The molecular formula is C29H41N3O4S. The molecule has 0 spiro atoms. The van der Waals surface area contributed by atoms with Gasteiger partial charge in [0.15, 0.2) is 0 Å². The molecule has 0 unspecified atom stereocenters. The quantitative estimate of drug-likeness (QED) is 0.463. The van der Waals surface area contributed by atoms with Crippen LogP contribution in [0.15, 0.2) is 48.5 Å². The highest BCUT2D eigenvalue weighted by Gasteiger charge is 2.32. The lowest BCUT2D eigenvalue weighted by Crippen LogP contribution is -2.53. The fraction of sp³-hybridized carbons (Fsp3) is 0.517. The fourth-order valence-corrected chi connectivity index (χ4v) is 5.72. The largest absolute Gasteiger partial charge is 0.352 e. The summed E-state index contributed by atoms with van der Waals surface area (Å²) < 4.78 is 26.6. The topological polar surface area (TPSA) is 86.8 Å². The maximum Gasteiger partial charge on any atom is 0.244 e. The van der Waals surface area contributed by atoms with Crippen molar-refractivity contribution in [2.24, 2.45) is 0 Å². The lowest BCUT2D eigenvalue weighted by molar-refractivity contribution is -0.140. The molecule has 3 rings (SSSR count). The first-order valence-corrected chi connectivity index (χ1v) is 15.2. The first kappa shape index (κ1) is 28.7. The number of nitrogens with zero attached hydrogens (tertiary/aromatic N) is 2. The second kappa shape index (κ2) is 13.1. The number of carbonyl (C=O) groups excluding carboxylic acids is 2. The number of benzene rings is 2. The zero-order chi connectivity index (χ0) is 27.0. The van der Waals surface area contributed by atoms with Crippen LogP contribution in [0, 0.1) is 6.92 Å². The van der Waals surface area contributed by atoms with Crippen molar-refractivity contribution in [3.8, 4) is 0 Å². The monoisotopic (exact) mass is 527 g/mol. The van der Waals surface area contributed by atoms with Gasteiger partial charge in [-0.05, 0) is 55.9 Å². The van der Waals surface area contributed by atoms with Crippen LogP contribution in [0.1, 0.15) is 69.1 Å². The molecule has 0 heterocycles. The van der Waals surface area contributed by atoms with Crippen molar-refractivity contribution in [3.63, 3.8) is 0 Å². The summed E-state index contributed by atoms with van der Waals surface area (Å²) in [5, 5.41) is 3.16. The standard InChI is InChI=1S/C29H41N3O4S/c1-5-23-16-18-26(19-17-23)32(37(4,35)36)21-28(33)31(20-24-14-12-22(3)13-15-24)27(6-2)29(34)30-25-10-8-7-9-11-25/h12-19,25,27H,5-11,20-21H2,1-4H3,(H,30,34)/t27-/m1/s1. The summed E-state index contributed by atoms with van der Waals surface area (Å²) >= 11 is 0. The molecule has 2 aromatic rings. The summed E-state index contributed by atoms with van der Waals surface area (Å²) in [7, 11) is -3.73. The maximum atomic E-state index is 13.8. The van der Waals surface area contributed by atoms with Crippen molar-refractivity contribution in [2.75, 3.05) is 17.1 Å². The number of amides is 2. The molecule has 2 amide bonds. The highest BCUT2D eigenvalue weighted by atomic mass is 32.2. The summed E-state index contributed by atoms with van der Waals surface area (Å²) in [5.41, 5.74) is 3.50. The Morgan fingerprint density at radius 1 is 0.946 bits per heavy atom. The van der Waals surface area contributed by atoms with E-state index in [0.29, 0.717) is 12.1 Å². The molecule has 0 saturated heterocycles. The molecular weight excluding hydrogens is 486 g/mol. The van der Waals surface area contributed by atoms with E-state index in [1.807, 2.05) is 57.2 Å². The van der Waals surface area contributed by atoms with Gasteiger partial charge >= 0.3 is 0 Å². The highest BCUT2D eigenvalue weighted by molar-refractivity contribution is 7.92. The number of aryl methyl sites for hydroxylation is 2. The Morgan fingerprint density at radius 2 is 1.54 bits per heavy atom. The van der Waals surface area contributed by atoms with Crippen LogP contribution < -0.4 is 9.62 Å². The van der Waals surface area contributed by atoms with Gasteiger partial charge in [-0.1, -0.05) is 75.1 Å². The van der Waals surface area contributed by atoms with E-state index >= 15 is 0 Å². The van der Waals surface area contributed by atoms with Gasteiger partial charge < -0.3 is 10.2 Å². The van der Waals surface area contributed by atoms with Gasteiger partial charge in [0.05, 0.1) is 11.9 Å². The van der Waals surface area contributed by atoms with Crippen molar-refractivity contribution in [3.05, 3.63) is 65.2 Å². The van der Waals surface area contributed by atoms with E-state index in [2.05, 4.69) is 5.32 Å². The maximum absolute atomic E-state index is 13.8. The molecule has 0 bridgehead atoms. The third-order valence-corrected chi connectivity index (χ3v) is 8.26. The minimum atomic E-state index is -3.73. The molecule has 37 heavy (non-hydrogen) atoms. The number of carbonyl (C=O) groups is 2. The number of anilines is 1. The van der Waals surface area contributed by atoms with Crippen LogP contribution in [-0.2, 0) is 32.6 Å². The lowest BCUT2D eigenvalue weighted by atomic mass is 9.95. The van der Waals surface area contributed by atoms with E-state index in [-0.39, 0.29) is 25.0 Å². The van der Waals surface area contributed by atoms with Gasteiger partial charge in [0.1, 0.15) is 12.6 Å². The molecule has 2 aromatic carbocycles. The lowest BCUT2D eigenvalue weighted by Gasteiger charge is -2.34. The normalized spacial score (nSPS) is 15.1. The minimum Gasteiger partial charge on any atom is -0.352 e. The van der Waals surface area contributed by atoms with Crippen LogP contribution in [0.5, 0.6) is 0 Å². The summed E-state index contributed by atoms with van der Waals surface area (Å²) in [4.78, 5) is 28.8. The molecule has 1 saturated carbocycles. The fourth-order valence-electron chi connectivity index (χ4n) is 4.87. The molecule has 1 N–H and O–H groups in total. The van der Waals surface area contributed by atoms with Crippen LogP contribution in [0.4, 0.5) is 5.69 Å². The first-order chi connectivity index (χ1) is 17.6. The van der Waals surface area contributed by atoms with E-state index in [1.165, 1.54) is 6.42 Å². The predicted molar refractivity (Wildman–Crippen MR) is 149 cm³/mol. The SMILES string of the molecule is CCc1ccc(N(CC(=O)N(Cc2ccc(C)cc2)[C@H](CC)C(=O)NC2CCCCC2)S(C)(=O)=O)cc1. The smallest absolute Gasteiger partial charge is 0.244 e. The minimum absolute atomic E-state index is 0.122. The van der Waals surface area contributed by atoms with E-state index < -0.39 is 22.0 Å². The Kier molecular flexibility index (Phi) is 10.1. The van der Waals surface area contributed by atoms with Crippen molar-refractivity contribution in [1.82, 2.24) is 10.2 Å². The molecule has 202 valence electrons. The second-order valence-electron chi connectivity index (χ2n) is 10.1. The molecule has 0 radical (unpaired) electrons. The van der Waals surface area contributed by atoms with Crippen molar-refractivity contribution in [2.45, 2.75) is 84.3 Å². The molecule has 1 aliphatic rings. The Morgan fingerprint density at radius 3 is 2.08 bits per heavy atom. The van der Waals surface area contributed by atoms with Crippen LogP contribution in [0.3, 0.4) is 0 Å². The van der Waals surface area contributed by atoms with E-state index in [1.54, 1.807) is 17.0 Å². The molecule has 1 aliphatic carbocycles. The zero-order valence-electron chi connectivity index (χ0n) is 22.6. The molecule has 0 aliphatic heterocycles. The van der Waals surface area contributed by atoms with Crippen LogP contribution in [0.2, 0.25) is 0 Å². The second-order valence-corrected chi connectivity index (χ2v) is 12.0. The van der Waals surface area contributed by atoms with E-state index in [9.17, 15) is 18.0 Å². The number of hydrogen-bond donors (Lipinski definition) is 1. The Hall–Kier alpha value is -2.87. The summed E-state index contributed by atoms with van der Waals surface area (Å²) in [6.45, 7) is 5.76. The van der Waals surface area contributed by atoms with E-state index in [0.717, 1.165) is 59.4 Å². The van der Waals surface area contributed by atoms with Gasteiger partial charge in [-0.25, -0.2) is 8.42 Å². The molecule has 0 aromatic heterocycles. The molecule has 7 nitrogen and oxygen atoms in total. The Labute approximate surface area is 222 Å². The predicted octanol–water partition coefficient (Wildman–Crippen LogP) is 4.58. The van der Waals surface area contributed by atoms with Crippen molar-refractivity contribution >= 4 is 27.5 Å². The van der Waals surface area contributed by atoms with E-state index in [4.69, 9.17) is 0 Å². The third-order valence-electron chi connectivity index (χ3n) is 7.12. The molecule has 1 atom stereocenters. The summed E-state index contributed by atoms with van der Waals surface area (Å²) in [5.74, 6) is -0.579. The number of nitrogens with one attached hydrogen (secondary N) is 1. The van der Waals surface area contributed by atoms with Crippen LogP contribution >= 0.6 is 0 Å². The Balaban J connectivity index is 1.89. The third kappa shape index (κ3) is 8.06. The number of sulfonamides is 1. The summed E-state index contributed by atoms with van der Waals surface area (Å²) in [6, 6.07) is 14.4. The average molecular weight is 528 g/mol. The molecule has 8 heteroatoms. The van der Waals surface area contributed by atoms with Crippen molar-refractivity contribution in [1.29, 1.82) is 0 Å². The first-order valence-electron chi connectivity index (χ1n) is 13.3. The van der Waals surface area contributed by atoms with Crippen LogP contribution in [-0.4, -0.2) is 50.0 Å². The van der Waals surface area contributed by atoms with Gasteiger partial charge in [0.25, 0.3) is 0 Å². The molecule has 1 fully saturated rings.